The molecular weight excluding hydrogens is 404 g/mol. The van der Waals surface area contributed by atoms with Crippen molar-refractivity contribution in [3.8, 4) is 11.5 Å². The summed E-state index contributed by atoms with van der Waals surface area (Å²) in [4.78, 5) is 15.2. The SMILES string of the molecule is COc1ccccc1OC1CCN(CCCCN2C(=O)c3ccccc3S2(O)O)C1. The van der Waals surface area contributed by atoms with Gasteiger partial charge in [0.05, 0.1) is 17.6 Å². The van der Waals surface area contributed by atoms with Crippen LogP contribution in [-0.2, 0) is 0 Å². The number of fused-ring (bicyclic) bond motifs is 1. The lowest BCUT2D eigenvalue weighted by atomic mass is 10.2. The van der Waals surface area contributed by atoms with E-state index in [1.54, 1.807) is 31.4 Å². The normalized spacial score (nSPS) is 21.5. The van der Waals surface area contributed by atoms with Crippen LogP contribution in [0.4, 0.5) is 0 Å². The Morgan fingerprint density at radius 3 is 2.50 bits per heavy atom. The van der Waals surface area contributed by atoms with E-state index in [2.05, 4.69) is 4.90 Å². The summed E-state index contributed by atoms with van der Waals surface area (Å²) < 4.78 is 33.7. The summed E-state index contributed by atoms with van der Waals surface area (Å²) in [6.07, 6.45) is 2.67. The first-order valence-electron chi connectivity index (χ1n) is 10.2. The van der Waals surface area contributed by atoms with E-state index in [-0.39, 0.29) is 12.0 Å². The predicted molar refractivity (Wildman–Crippen MR) is 116 cm³/mol. The van der Waals surface area contributed by atoms with E-state index in [0.29, 0.717) is 23.4 Å². The summed E-state index contributed by atoms with van der Waals surface area (Å²) in [6, 6.07) is 14.4. The van der Waals surface area contributed by atoms with Crippen molar-refractivity contribution < 1.29 is 23.4 Å². The molecule has 2 aliphatic heterocycles. The number of carbonyl (C=O) groups excluding carboxylic acids is 1. The number of ether oxygens (including phenoxy) is 2. The molecule has 2 aromatic carbocycles. The third-order valence-electron chi connectivity index (χ3n) is 5.62. The molecule has 1 saturated heterocycles. The van der Waals surface area contributed by atoms with Crippen LogP contribution < -0.4 is 9.47 Å². The molecule has 8 heteroatoms. The zero-order valence-electron chi connectivity index (χ0n) is 17.1. The molecule has 2 heterocycles. The van der Waals surface area contributed by atoms with E-state index in [0.717, 1.165) is 44.0 Å². The van der Waals surface area contributed by atoms with E-state index in [1.165, 1.54) is 4.31 Å². The Kier molecular flexibility index (Phi) is 6.19. The highest BCUT2D eigenvalue weighted by Gasteiger charge is 2.40. The molecule has 0 saturated carbocycles. The summed E-state index contributed by atoms with van der Waals surface area (Å²) in [5.41, 5.74) is 0.397. The van der Waals surface area contributed by atoms with Gasteiger partial charge in [0.2, 0.25) is 0 Å². The van der Waals surface area contributed by atoms with Crippen LogP contribution in [0.15, 0.2) is 53.4 Å². The van der Waals surface area contributed by atoms with Crippen molar-refractivity contribution in [2.75, 3.05) is 33.3 Å². The zero-order valence-corrected chi connectivity index (χ0v) is 17.9. The van der Waals surface area contributed by atoms with Crippen molar-refractivity contribution in [2.45, 2.75) is 30.3 Å². The van der Waals surface area contributed by atoms with E-state index in [1.807, 2.05) is 24.3 Å². The highest BCUT2D eigenvalue weighted by molar-refractivity contribution is 8.23. The van der Waals surface area contributed by atoms with Crippen LogP contribution in [0.1, 0.15) is 29.6 Å². The van der Waals surface area contributed by atoms with Crippen molar-refractivity contribution in [1.29, 1.82) is 0 Å². The van der Waals surface area contributed by atoms with Gasteiger partial charge in [0.1, 0.15) is 6.10 Å². The Morgan fingerprint density at radius 2 is 1.73 bits per heavy atom. The monoisotopic (exact) mass is 432 g/mol. The Hall–Kier alpha value is -2.26. The standard InChI is InChI=1S/C22H28N2O5S/c1-28-19-9-3-4-10-20(19)29-17-12-15-23(16-17)13-6-7-14-24-22(25)18-8-2-5-11-21(18)30(24,26)27/h2-5,8-11,17,26-27H,6-7,12-16H2,1H3. The van der Waals surface area contributed by atoms with E-state index in [9.17, 15) is 13.9 Å². The van der Waals surface area contributed by atoms with E-state index >= 15 is 0 Å². The van der Waals surface area contributed by atoms with Gasteiger partial charge < -0.3 is 9.47 Å². The number of para-hydroxylation sites is 2. The molecule has 2 aliphatic rings. The fourth-order valence-corrected chi connectivity index (χ4v) is 5.72. The number of rotatable bonds is 8. The average molecular weight is 433 g/mol. The van der Waals surface area contributed by atoms with Crippen molar-refractivity contribution in [3.63, 3.8) is 0 Å². The van der Waals surface area contributed by atoms with E-state index in [4.69, 9.17) is 9.47 Å². The number of amides is 1. The summed E-state index contributed by atoms with van der Waals surface area (Å²) in [6.45, 7) is 3.04. The second-order valence-electron chi connectivity index (χ2n) is 7.61. The number of unbranched alkanes of at least 4 members (excludes halogenated alkanes) is 1. The molecule has 2 N–H and O–H groups in total. The van der Waals surface area contributed by atoms with Crippen molar-refractivity contribution in [3.05, 3.63) is 54.1 Å². The number of hydrogen-bond donors (Lipinski definition) is 2. The van der Waals surface area contributed by atoms with Crippen molar-refractivity contribution in [2.24, 2.45) is 0 Å². The molecular formula is C22H28N2O5S. The maximum Gasteiger partial charge on any atom is 0.274 e. The average Bonchev–Trinajstić information content (AvgIpc) is 3.27. The fraction of sp³-hybridized carbons (Fsp3) is 0.409. The minimum atomic E-state index is -3.21. The van der Waals surface area contributed by atoms with Gasteiger partial charge in [-0.3, -0.25) is 18.8 Å². The minimum absolute atomic E-state index is 0.128. The Balaban J connectivity index is 1.23. The second kappa shape index (κ2) is 8.85. The summed E-state index contributed by atoms with van der Waals surface area (Å²) in [5, 5.41) is 0. The molecule has 0 aromatic heterocycles. The van der Waals surface area contributed by atoms with Crippen LogP contribution in [0, 0.1) is 0 Å². The summed E-state index contributed by atoms with van der Waals surface area (Å²) in [5.74, 6) is 1.22. The van der Waals surface area contributed by atoms with Crippen LogP contribution in [-0.4, -0.2) is 63.6 Å². The molecule has 162 valence electrons. The number of carbonyl (C=O) groups is 1. The molecule has 4 rings (SSSR count). The van der Waals surface area contributed by atoms with Gasteiger partial charge >= 0.3 is 0 Å². The molecule has 0 aliphatic carbocycles. The van der Waals surface area contributed by atoms with Gasteiger partial charge in [-0.05, 0) is 50.1 Å². The zero-order chi connectivity index (χ0) is 21.1. The lowest BCUT2D eigenvalue weighted by Gasteiger charge is -2.37. The van der Waals surface area contributed by atoms with Crippen molar-refractivity contribution in [1.82, 2.24) is 9.21 Å². The number of benzene rings is 2. The van der Waals surface area contributed by atoms with Crippen LogP contribution >= 0.6 is 10.8 Å². The van der Waals surface area contributed by atoms with Crippen molar-refractivity contribution >= 4 is 16.7 Å². The Labute approximate surface area is 178 Å². The van der Waals surface area contributed by atoms with Gasteiger partial charge in [0, 0.05) is 19.6 Å². The first-order valence-corrected chi connectivity index (χ1v) is 11.7. The largest absolute Gasteiger partial charge is 0.493 e. The summed E-state index contributed by atoms with van der Waals surface area (Å²) >= 11 is 0. The lowest BCUT2D eigenvalue weighted by molar-refractivity contribution is 0.0860. The quantitative estimate of drug-likeness (QED) is 0.611. The molecule has 7 nitrogen and oxygen atoms in total. The maximum absolute atomic E-state index is 12.5. The highest BCUT2D eigenvalue weighted by Crippen LogP contribution is 2.58. The van der Waals surface area contributed by atoms with Gasteiger partial charge in [0.25, 0.3) is 5.91 Å². The Bertz CT molecular complexity index is 907. The summed E-state index contributed by atoms with van der Waals surface area (Å²) in [7, 11) is -1.57. The number of methoxy groups -OCH3 is 1. The highest BCUT2D eigenvalue weighted by atomic mass is 32.3. The van der Waals surface area contributed by atoms with Crippen LogP contribution in [0.3, 0.4) is 0 Å². The van der Waals surface area contributed by atoms with Gasteiger partial charge in [-0.25, -0.2) is 4.31 Å². The minimum Gasteiger partial charge on any atom is -0.493 e. The fourth-order valence-electron chi connectivity index (χ4n) is 4.06. The topological polar surface area (TPSA) is 82.5 Å². The predicted octanol–water partition coefficient (Wildman–Crippen LogP) is 4.11. The second-order valence-corrected chi connectivity index (χ2v) is 9.53. The maximum atomic E-state index is 12.5. The smallest absolute Gasteiger partial charge is 0.274 e. The lowest BCUT2D eigenvalue weighted by Crippen LogP contribution is -2.30. The number of hydrogen-bond acceptors (Lipinski definition) is 6. The third-order valence-corrected chi connectivity index (χ3v) is 7.53. The third kappa shape index (κ3) is 4.13. The van der Waals surface area contributed by atoms with Gasteiger partial charge in [0.15, 0.2) is 11.5 Å². The van der Waals surface area contributed by atoms with Crippen LogP contribution in [0.5, 0.6) is 11.5 Å². The first-order chi connectivity index (χ1) is 14.5. The molecule has 1 amide bonds. The molecule has 2 aromatic rings. The van der Waals surface area contributed by atoms with Gasteiger partial charge in [-0.15, -0.1) is 0 Å². The van der Waals surface area contributed by atoms with Crippen LogP contribution in [0.2, 0.25) is 0 Å². The number of nitrogens with zero attached hydrogens (tertiary/aromatic N) is 2. The van der Waals surface area contributed by atoms with E-state index < -0.39 is 10.8 Å². The molecule has 1 fully saturated rings. The first kappa shape index (κ1) is 21.0. The molecule has 30 heavy (non-hydrogen) atoms. The molecule has 0 radical (unpaired) electrons. The molecule has 0 bridgehead atoms. The Morgan fingerprint density at radius 1 is 1.03 bits per heavy atom. The molecule has 0 spiro atoms. The molecule has 1 unspecified atom stereocenters. The van der Waals surface area contributed by atoms with Crippen LogP contribution in [0.25, 0.3) is 0 Å². The molecule has 1 atom stereocenters. The van der Waals surface area contributed by atoms with Gasteiger partial charge in [-0.1, -0.05) is 35.0 Å². The number of likely N-dealkylation sites (tertiary alicyclic amines) is 1. The van der Waals surface area contributed by atoms with Gasteiger partial charge in [-0.2, -0.15) is 0 Å².